The monoisotopic (exact) mass is 366 g/mol. The number of likely N-dealkylation sites (tertiary alicyclic amines) is 1. The molecule has 3 rings (SSSR count). The fraction of sp³-hybridized carbons (Fsp3) is 0.435. The van der Waals surface area contributed by atoms with E-state index in [0.29, 0.717) is 19.6 Å². The molecule has 0 saturated carbocycles. The molecule has 27 heavy (non-hydrogen) atoms. The molecule has 4 nitrogen and oxygen atoms in total. The predicted molar refractivity (Wildman–Crippen MR) is 109 cm³/mol. The van der Waals surface area contributed by atoms with E-state index in [1.807, 2.05) is 49.4 Å². The van der Waals surface area contributed by atoms with E-state index in [1.165, 1.54) is 24.8 Å². The van der Waals surface area contributed by atoms with Crippen molar-refractivity contribution in [3.05, 3.63) is 65.7 Å². The van der Waals surface area contributed by atoms with Gasteiger partial charge in [0.1, 0.15) is 5.75 Å². The number of hydrogen-bond donors (Lipinski definition) is 1. The average molecular weight is 367 g/mol. The van der Waals surface area contributed by atoms with Crippen LogP contribution in [0.15, 0.2) is 54.6 Å². The quantitative estimate of drug-likeness (QED) is 0.769. The molecule has 1 unspecified atom stereocenters. The van der Waals surface area contributed by atoms with Gasteiger partial charge in [-0.1, -0.05) is 48.9 Å². The lowest BCUT2D eigenvalue weighted by molar-refractivity contribution is -0.120. The molecular formula is C23H30N2O2. The third-order valence-electron chi connectivity index (χ3n) is 5.11. The van der Waals surface area contributed by atoms with Gasteiger partial charge in [-0.25, -0.2) is 0 Å². The van der Waals surface area contributed by atoms with Crippen LogP contribution in [-0.2, 0) is 11.2 Å². The minimum Gasteiger partial charge on any atom is -0.494 e. The molecule has 2 aromatic rings. The van der Waals surface area contributed by atoms with Gasteiger partial charge in [-0.2, -0.15) is 0 Å². The second kappa shape index (κ2) is 10.1. The molecule has 144 valence electrons. The molecule has 1 fully saturated rings. The Bertz CT molecular complexity index is 694. The second-order valence-electron chi connectivity index (χ2n) is 7.08. The average Bonchev–Trinajstić information content (AvgIpc) is 2.71. The van der Waals surface area contributed by atoms with Crippen LogP contribution in [0, 0.1) is 0 Å². The first kappa shape index (κ1) is 19.4. The molecule has 0 radical (unpaired) electrons. The lowest BCUT2D eigenvalue weighted by Gasteiger charge is -2.35. The molecule has 0 aliphatic carbocycles. The van der Waals surface area contributed by atoms with Crippen LogP contribution in [0.2, 0.25) is 0 Å². The summed E-state index contributed by atoms with van der Waals surface area (Å²) in [5.41, 5.74) is 2.28. The van der Waals surface area contributed by atoms with E-state index in [2.05, 4.69) is 22.3 Å². The molecule has 2 aromatic carbocycles. The van der Waals surface area contributed by atoms with Crippen LogP contribution in [0.25, 0.3) is 0 Å². The van der Waals surface area contributed by atoms with E-state index in [-0.39, 0.29) is 11.9 Å². The van der Waals surface area contributed by atoms with E-state index >= 15 is 0 Å². The molecule has 1 amide bonds. The van der Waals surface area contributed by atoms with Crippen LogP contribution in [0.5, 0.6) is 5.75 Å². The summed E-state index contributed by atoms with van der Waals surface area (Å²) in [4.78, 5) is 14.9. The Morgan fingerprint density at radius 1 is 1.04 bits per heavy atom. The maximum absolute atomic E-state index is 12.4. The van der Waals surface area contributed by atoms with E-state index < -0.39 is 0 Å². The summed E-state index contributed by atoms with van der Waals surface area (Å²) in [5, 5.41) is 3.15. The fourth-order valence-corrected chi connectivity index (χ4v) is 3.69. The first-order chi connectivity index (χ1) is 13.3. The standard InChI is InChI=1S/C23H30N2O2/c1-2-27-21-13-11-20(12-14-21)22(25-15-7-4-8-16-25)18-24-23(26)17-19-9-5-3-6-10-19/h3,5-6,9-14,22H,2,4,7-8,15-18H2,1H3,(H,24,26). The Morgan fingerprint density at radius 2 is 1.74 bits per heavy atom. The maximum atomic E-state index is 12.4. The number of rotatable bonds is 8. The molecule has 1 atom stereocenters. The molecule has 1 aliphatic rings. The molecule has 1 aliphatic heterocycles. The summed E-state index contributed by atoms with van der Waals surface area (Å²) < 4.78 is 5.57. The number of amides is 1. The maximum Gasteiger partial charge on any atom is 0.224 e. The zero-order valence-electron chi connectivity index (χ0n) is 16.2. The highest BCUT2D eigenvalue weighted by Gasteiger charge is 2.23. The minimum atomic E-state index is 0.0779. The van der Waals surface area contributed by atoms with Crippen LogP contribution in [0.4, 0.5) is 0 Å². The topological polar surface area (TPSA) is 41.6 Å². The Labute approximate surface area is 162 Å². The highest BCUT2D eigenvalue weighted by atomic mass is 16.5. The van der Waals surface area contributed by atoms with Crippen LogP contribution in [-0.4, -0.2) is 37.0 Å². The molecular weight excluding hydrogens is 336 g/mol. The molecule has 4 heteroatoms. The van der Waals surface area contributed by atoms with E-state index in [1.54, 1.807) is 0 Å². The molecule has 1 saturated heterocycles. The number of ether oxygens (including phenoxy) is 1. The summed E-state index contributed by atoms with van der Waals surface area (Å²) >= 11 is 0. The Kier molecular flexibility index (Phi) is 7.28. The smallest absolute Gasteiger partial charge is 0.224 e. The molecule has 1 N–H and O–H groups in total. The molecule has 0 bridgehead atoms. The van der Waals surface area contributed by atoms with Crippen molar-refractivity contribution in [1.82, 2.24) is 10.2 Å². The Balaban J connectivity index is 1.65. The lowest BCUT2D eigenvalue weighted by Crippen LogP contribution is -2.41. The Hall–Kier alpha value is -2.33. The third-order valence-corrected chi connectivity index (χ3v) is 5.11. The largest absolute Gasteiger partial charge is 0.494 e. The van der Waals surface area contributed by atoms with Crippen LogP contribution >= 0.6 is 0 Å². The summed E-state index contributed by atoms with van der Waals surface area (Å²) in [6.45, 7) is 5.48. The predicted octanol–water partition coefficient (Wildman–Crippen LogP) is 3.97. The zero-order valence-corrected chi connectivity index (χ0v) is 16.2. The van der Waals surface area contributed by atoms with Gasteiger partial charge >= 0.3 is 0 Å². The van der Waals surface area contributed by atoms with Crippen molar-refractivity contribution >= 4 is 5.91 Å². The van der Waals surface area contributed by atoms with E-state index in [9.17, 15) is 4.79 Å². The van der Waals surface area contributed by atoms with Gasteiger partial charge in [-0.3, -0.25) is 9.69 Å². The summed E-state index contributed by atoms with van der Waals surface area (Å²) in [7, 11) is 0. The van der Waals surface area contributed by atoms with Gasteiger partial charge in [0.25, 0.3) is 0 Å². The van der Waals surface area contributed by atoms with Crippen LogP contribution in [0.3, 0.4) is 0 Å². The Morgan fingerprint density at radius 3 is 2.41 bits per heavy atom. The molecule has 1 heterocycles. The highest BCUT2D eigenvalue weighted by Crippen LogP contribution is 2.26. The van der Waals surface area contributed by atoms with E-state index in [0.717, 1.165) is 24.4 Å². The first-order valence-electron chi connectivity index (χ1n) is 10.0. The molecule has 0 spiro atoms. The lowest BCUT2D eigenvalue weighted by atomic mass is 10.0. The van der Waals surface area contributed by atoms with Crippen LogP contribution < -0.4 is 10.1 Å². The van der Waals surface area contributed by atoms with Gasteiger partial charge in [0.05, 0.1) is 19.1 Å². The number of carbonyl (C=O) groups is 1. The second-order valence-corrected chi connectivity index (χ2v) is 7.08. The van der Waals surface area contributed by atoms with Crippen molar-refractivity contribution < 1.29 is 9.53 Å². The van der Waals surface area contributed by atoms with E-state index in [4.69, 9.17) is 4.74 Å². The van der Waals surface area contributed by atoms with Crippen molar-refractivity contribution in [2.75, 3.05) is 26.2 Å². The number of carbonyl (C=O) groups excluding carboxylic acids is 1. The van der Waals surface area contributed by atoms with Gasteiger partial charge in [-0.15, -0.1) is 0 Å². The number of hydrogen-bond acceptors (Lipinski definition) is 3. The van der Waals surface area contributed by atoms with Gasteiger partial charge < -0.3 is 10.1 Å². The summed E-state index contributed by atoms with van der Waals surface area (Å²) in [6, 6.07) is 18.4. The summed E-state index contributed by atoms with van der Waals surface area (Å²) in [5.74, 6) is 0.973. The number of nitrogens with zero attached hydrogens (tertiary/aromatic N) is 1. The van der Waals surface area contributed by atoms with Crippen molar-refractivity contribution in [1.29, 1.82) is 0 Å². The normalized spacial score (nSPS) is 15.9. The SMILES string of the molecule is CCOc1ccc(C(CNC(=O)Cc2ccccc2)N2CCCCC2)cc1. The van der Waals surface area contributed by atoms with Gasteiger partial charge in [-0.05, 0) is 56.1 Å². The number of nitrogens with one attached hydrogen (secondary N) is 1. The highest BCUT2D eigenvalue weighted by molar-refractivity contribution is 5.78. The third kappa shape index (κ3) is 5.83. The fourth-order valence-electron chi connectivity index (χ4n) is 3.69. The van der Waals surface area contributed by atoms with Gasteiger partial charge in [0, 0.05) is 6.54 Å². The minimum absolute atomic E-state index is 0.0779. The van der Waals surface area contributed by atoms with Crippen molar-refractivity contribution in [3.63, 3.8) is 0 Å². The van der Waals surface area contributed by atoms with Crippen molar-refractivity contribution in [2.24, 2.45) is 0 Å². The first-order valence-corrected chi connectivity index (χ1v) is 10.0. The van der Waals surface area contributed by atoms with Crippen molar-refractivity contribution in [2.45, 2.75) is 38.6 Å². The van der Waals surface area contributed by atoms with Crippen LogP contribution in [0.1, 0.15) is 43.4 Å². The van der Waals surface area contributed by atoms with Gasteiger partial charge in [0.2, 0.25) is 5.91 Å². The van der Waals surface area contributed by atoms with Crippen molar-refractivity contribution in [3.8, 4) is 5.75 Å². The summed E-state index contributed by atoms with van der Waals surface area (Å²) in [6.07, 6.45) is 4.18. The molecule has 0 aromatic heterocycles. The number of piperidine rings is 1. The number of benzene rings is 2. The zero-order chi connectivity index (χ0) is 18.9. The van der Waals surface area contributed by atoms with Gasteiger partial charge in [0.15, 0.2) is 0 Å².